The number of phenolic OH excluding ortho intramolecular Hbond substituents is 2. The molecule has 0 aromatic heterocycles. The predicted octanol–water partition coefficient (Wildman–Crippen LogP) is 15.6. The fourth-order valence-electron chi connectivity index (χ4n) is 7.28. The summed E-state index contributed by atoms with van der Waals surface area (Å²) < 4.78 is 0. The number of hydrogen-bond acceptors (Lipinski definition) is 2. The molecular weight excluding hydrogens is 585 g/mol. The van der Waals surface area contributed by atoms with Gasteiger partial charge in [0.05, 0.1) is 0 Å². The fraction of sp³-hybridized carbons (Fsp3) is 0.739. The molecule has 2 atom stereocenters. The lowest BCUT2D eigenvalue weighted by Crippen LogP contribution is -1.97. The Balaban J connectivity index is 0.000000495. The Labute approximate surface area is 299 Å². The van der Waals surface area contributed by atoms with Crippen molar-refractivity contribution in [2.24, 2.45) is 0 Å². The van der Waals surface area contributed by atoms with Crippen molar-refractivity contribution in [1.29, 1.82) is 0 Å². The van der Waals surface area contributed by atoms with Crippen molar-refractivity contribution in [2.45, 2.75) is 221 Å². The van der Waals surface area contributed by atoms with Crippen LogP contribution in [-0.2, 0) is 0 Å². The molecule has 0 radical (unpaired) electrons. The Hall–Kier alpha value is -1.96. The number of rotatable bonds is 26. The van der Waals surface area contributed by atoms with Crippen molar-refractivity contribution in [3.05, 3.63) is 57.6 Å². The van der Waals surface area contributed by atoms with Crippen LogP contribution in [0.4, 0.5) is 0 Å². The molecule has 0 saturated heterocycles. The van der Waals surface area contributed by atoms with E-state index in [1.807, 2.05) is 13.8 Å². The van der Waals surface area contributed by atoms with Gasteiger partial charge in [-0.3, -0.25) is 0 Å². The van der Waals surface area contributed by atoms with E-state index in [1.54, 1.807) is 0 Å². The quantitative estimate of drug-likeness (QED) is 0.0983. The van der Waals surface area contributed by atoms with Crippen LogP contribution < -0.4 is 0 Å². The molecule has 2 aromatic carbocycles. The van der Waals surface area contributed by atoms with E-state index < -0.39 is 0 Å². The van der Waals surface area contributed by atoms with Gasteiger partial charge in [-0.25, -0.2) is 0 Å². The molecule has 0 amide bonds. The average molecular weight is 665 g/mol. The minimum absolute atomic E-state index is 0.459. The van der Waals surface area contributed by atoms with Crippen LogP contribution in [0.5, 0.6) is 11.5 Å². The molecule has 2 N–H and O–H groups in total. The second kappa shape index (κ2) is 27.8. The zero-order valence-corrected chi connectivity index (χ0v) is 33.3. The third kappa shape index (κ3) is 19.9. The van der Waals surface area contributed by atoms with E-state index in [9.17, 15) is 10.2 Å². The Bertz CT molecular complexity index is 1070. The highest BCUT2D eigenvalue weighted by Gasteiger charge is 2.14. The number of hydrogen-bond donors (Lipinski definition) is 2. The molecule has 0 spiro atoms. The summed E-state index contributed by atoms with van der Waals surface area (Å²) in [6, 6.07) is 8.44. The van der Waals surface area contributed by atoms with Crippen LogP contribution in [0.2, 0.25) is 0 Å². The van der Waals surface area contributed by atoms with Gasteiger partial charge < -0.3 is 10.2 Å². The zero-order chi connectivity index (χ0) is 35.6. The first-order chi connectivity index (χ1) is 23.1. The Kier molecular flexibility index (Phi) is 25.5. The molecule has 2 heteroatoms. The number of aryl methyl sites for hydroxylation is 4. The molecule has 0 fully saturated rings. The van der Waals surface area contributed by atoms with Gasteiger partial charge in [-0.15, -0.1) is 0 Å². The molecular formula is C46H80O2. The summed E-state index contributed by atoms with van der Waals surface area (Å²) in [6.45, 7) is 17.3. The maximum absolute atomic E-state index is 10.3. The molecule has 2 unspecified atom stereocenters. The molecule has 48 heavy (non-hydrogen) atoms. The summed E-state index contributed by atoms with van der Waals surface area (Å²) in [5.74, 6) is 1.94. The summed E-state index contributed by atoms with van der Waals surface area (Å²) in [5, 5.41) is 20.5. The molecule has 0 bridgehead atoms. The maximum Gasteiger partial charge on any atom is 0.121 e. The van der Waals surface area contributed by atoms with Gasteiger partial charge >= 0.3 is 0 Å². The highest BCUT2D eigenvalue weighted by molar-refractivity contribution is 5.45. The van der Waals surface area contributed by atoms with E-state index in [0.717, 1.165) is 22.3 Å². The Morgan fingerprint density at radius 1 is 0.396 bits per heavy atom. The van der Waals surface area contributed by atoms with Gasteiger partial charge in [0.2, 0.25) is 0 Å². The van der Waals surface area contributed by atoms with Crippen LogP contribution in [0, 0.1) is 27.7 Å². The summed E-state index contributed by atoms with van der Waals surface area (Å²) in [7, 11) is 0. The van der Waals surface area contributed by atoms with E-state index >= 15 is 0 Å². The third-order valence-corrected chi connectivity index (χ3v) is 10.5. The molecule has 276 valence electrons. The molecule has 2 nitrogen and oxygen atoms in total. The first kappa shape index (κ1) is 44.1. The van der Waals surface area contributed by atoms with Crippen molar-refractivity contribution in [1.82, 2.24) is 0 Å². The lowest BCUT2D eigenvalue weighted by atomic mass is 9.91. The van der Waals surface area contributed by atoms with E-state index in [1.165, 1.54) is 165 Å². The minimum Gasteiger partial charge on any atom is -0.507 e. The van der Waals surface area contributed by atoms with Gasteiger partial charge in [-0.2, -0.15) is 0 Å². The van der Waals surface area contributed by atoms with Crippen molar-refractivity contribution in [2.75, 3.05) is 0 Å². The molecule has 0 saturated carbocycles. The summed E-state index contributed by atoms with van der Waals surface area (Å²) in [5.41, 5.74) is 6.81. The number of aromatic hydroxyl groups is 2. The van der Waals surface area contributed by atoms with E-state index in [0.29, 0.717) is 23.3 Å². The number of phenols is 2. The molecule has 0 heterocycles. The molecule has 2 rings (SSSR count). The number of unbranched alkanes of at least 4 members (excludes halogenated alkanes) is 20. The topological polar surface area (TPSA) is 40.5 Å². The normalized spacial score (nSPS) is 12.5. The monoisotopic (exact) mass is 665 g/mol. The molecule has 0 aliphatic rings. The predicted molar refractivity (Wildman–Crippen MR) is 214 cm³/mol. The lowest BCUT2D eigenvalue weighted by molar-refractivity contribution is 0.452. The minimum atomic E-state index is 0.459. The first-order valence-corrected chi connectivity index (χ1v) is 20.7. The van der Waals surface area contributed by atoms with Crippen molar-refractivity contribution in [3.63, 3.8) is 0 Å². The van der Waals surface area contributed by atoms with E-state index in [-0.39, 0.29) is 0 Å². The van der Waals surface area contributed by atoms with Crippen molar-refractivity contribution < 1.29 is 10.2 Å². The highest BCUT2D eigenvalue weighted by atomic mass is 16.3. The summed E-state index contributed by atoms with van der Waals surface area (Å²) >= 11 is 0. The lowest BCUT2D eigenvalue weighted by Gasteiger charge is -2.16. The first-order valence-electron chi connectivity index (χ1n) is 20.7. The second-order valence-corrected chi connectivity index (χ2v) is 15.5. The largest absolute Gasteiger partial charge is 0.507 e. The molecule has 0 aliphatic carbocycles. The summed E-state index contributed by atoms with van der Waals surface area (Å²) in [4.78, 5) is 0. The standard InChI is InChI=1S/C26H46O.C20H34O/c1-5-6-7-8-9-10-11-12-13-14-15-16-17-18-19-23(3)25-21-22(2)20-24(4)26(25)27;1-5-6-7-8-9-10-11-12-13-17(3)19-15-16(2)14-18(4)20(19)21/h20-21,23,27H,5-19H2,1-4H3;14-15,17,21H,5-13H2,1-4H3. The van der Waals surface area contributed by atoms with Gasteiger partial charge in [-0.05, 0) is 74.6 Å². The van der Waals surface area contributed by atoms with Crippen LogP contribution in [0.1, 0.15) is 227 Å². The van der Waals surface area contributed by atoms with Crippen LogP contribution in [0.3, 0.4) is 0 Å². The van der Waals surface area contributed by atoms with E-state index in [4.69, 9.17) is 0 Å². The van der Waals surface area contributed by atoms with Gasteiger partial charge in [-0.1, -0.05) is 204 Å². The third-order valence-electron chi connectivity index (χ3n) is 10.5. The van der Waals surface area contributed by atoms with Gasteiger partial charge in [0.25, 0.3) is 0 Å². The Morgan fingerprint density at radius 3 is 0.917 bits per heavy atom. The van der Waals surface area contributed by atoms with Gasteiger partial charge in [0.15, 0.2) is 0 Å². The van der Waals surface area contributed by atoms with Crippen molar-refractivity contribution in [3.8, 4) is 11.5 Å². The molecule has 0 aliphatic heterocycles. The molecule has 2 aromatic rings. The van der Waals surface area contributed by atoms with Gasteiger partial charge in [0.1, 0.15) is 11.5 Å². The van der Waals surface area contributed by atoms with Crippen molar-refractivity contribution >= 4 is 0 Å². The fourth-order valence-corrected chi connectivity index (χ4v) is 7.28. The SMILES string of the molecule is CCCCCCCCCCC(C)c1cc(C)cc(C)c1O.CCCCCCCCCCCCCCCCC(C)c1cc(C)cc(C)c1O. The van der Waals surface area contributed by atoms with Crippen LogP contribution in [-0.4, -0.2) is 10.2 Å². The second-order valence-electron chi connectivity index (χ2n) is 15.5. The van der Waals surface area contributed by atoms with E-state index in [2.05, 4.69) is 65.8 Å². The Morgan fingerprint density at radius 2 is 0.646 bits per heavy atom. The van der Waals surface area contributed by atoms with Crippen LogP contribution in [0.25, 0.3) is 0 Å². The van der Waals surface area contributed by atoms with Crippen LogP contribution in [0.15, 0.2) is 24.3 Å². The van der Waals surface area contributed by atoms with Gasteiger partial charge in [0, 0.05) is 0 Å². The highest BCUT2D eigenvalue weighted by Crippen LogP contribution is 2.34. The average Bonchev–Trinajstić information content (AvgIpc) is 3.05. The number of benzene rings is 2. The van der Waals surface area contributed by atoms with Crippen LogP contribution >= 0.6 is 0 Å². The smallest absolute Gasteiger partial charge is 0.121 e. The summed E-state index contributed by atoms with van der Waals surface area (Å²) in [6.07, 6.45) is 33.0. The zero-order valence-electron chi connectivity index (χ0n) is 33.3. The maximum atomic E-state index is 10.3.